The first-order valence-electron chi connectivity index (χ1n) is 13.7. The van der Waals surface area contributed by atoms with Crippen LogP contribution in [-0.4, -0.2) is 53.4 Å². The molecule has 7 nitrogen and oxygen atoms in total. The van der Waals surface area contributed by atoms with E-state index in [4.69, 9.17) is 21.1 Å². The number of benzene rings is 3. The molecule has 41 heavy (non-hydrogen) atoms. The van der Waals surface area contributed by atoms with E-state index < -0.39 is 11.4 Å². The van der Waals surface area contributed by atoms with Gasteiger partial charge in [0.15, 0.2) is 17.0 Å². The second-order valence-electron chi connectivity index (χ2n) is 10.7. The van der Waals surface area contributed by atoms with Gasteiger partial charge in [0, 0.05) is 34.0 Å². The summed E-state index contributed by atoms with van der Waals surface area (Å²) in [6.07, 6.45) is 0.871. The van der Waals surface area contributed by atoms with Crippen LogP contribution in [0.15, 0.2) is 60.7 Å². The quantitative estimate of drug-likeness (QED) is 0.294. The Balaban J connectivity index is 1.47. The Morgan fingerprint density at radius 1 is 1.10 bits per heavy atom. The summed E-state index contributed by atoms with van der Waals surface area (Å²) >= 11 is 6.29. The smallest absolute Gasteiger partial charge is 0.255 e. The van der Waals surface area contributed by atoms with Gasteiger partial charge in [-0.2, -0.15) is 0 Å². The predicted molar refractivity (Wildman–Crippen MR) is 155 cm³/mol. The molecular weight excluding hydrogens is 545 g/mol. The molecule has 2 aliphatic heterocycles. The topological polar surface area (TPSA) is 74.9 Å². The number of fused-ring (bicyclic) bond motifs is 5. The number of amides is 2. The number of aromatic amines is 1. The summed E-state index contributed by atoms with van der Waals surface area (Å²) < 4.78 is 26.2. The minimum Gasteiger partial charge on any atom is -0.493 e. The zero-order valence-electron chi connectivity index (χ0n) is 23.2. The van der Waals surface area contributed by atoms with Crippen LogP contribution >= 0.6 is 11.6 Å². The van der Waals surface area contributed by atoms with Gasteiger partial charge in [-0.25, -0.2) is 4.39 Å². The van der Waals surface area contributed by atoms with E-state index in [2.05, 4.69) is 4.98 Å². The van der Waals surface area contributed by atoms with Gasteiger partial charge in [0.25, 0.3) is 5.91 Å². The fourth-order valence-corrected chi connectivity index (χ4v) is 6.43. The number of nitrogens with zero attached hydrogens (tertiary/aromatic N) is 2. The zero-order valence-corrected chi connectivity index (χ0v) is 23.9. The van der Waals surface area contributed by atoms with Crippen molar-refractivity contribution in [3.05, 3.63) is 93.9 Å². The van der Waals surface area contributed by atoms with Crippen LogP contribution in [-0.2, 0) is 21.7 Å². The molecule has 0 aliphatic carbocycles. The number of methoxy groups -OCH3 is 1. The van der Waals surface area contributed by atoms with Gasteiger partial charge in [-0.1, -0.05) is 48.9 Å². The molecule has 1 N–H and O–H groups in total. The highest BCUT2D eigenvalue weighted by atomic mass is 35.5. The number of ether oxygens (including phenoxy) is 2. The van der Waals surface area contributed by atoms with E-state index in [1.165, 1.54) is 17.0 Å². The van der Waals surface area contributed by atoms with Crippen LogP contribution in [0.2, 0.25) is 5.02 Å². The molecule has 212 valence electrons. The summed E-state index contributed by atoms with van der Waals surface area (Å²) in [5.74, 6) is 0.0184. The summed E-state index contributed by atoms with van der Waals surface area (Å²) in [5, 5.41) is 1.20. The SMILES string of the molecule is CCCOc1ccc(C2CN3C(=O)CN(Cc4c(F)cccc4Cl)C(=O)[C@]3(C)c3[nH]c4ccccc4c32)cc1OC. The first-order chi connectivity index (χ1) is 19.8. The van der Waals surface area contributed by atoms with Crippen molar-refractivity contribution in [3.8, 4) is 11.5 Å². The number of H-pyrrole nitrogens is 1. The molecule has 2 amide bonds. The Morgan fingerprint density at radius 3 is 2.66 bits per heavy atom. The Bertz CT molecular complexity index is 1650. The van der Waals surface area contributed by atoms with Crippen LogP contribution in [0.5, 0.6) is 11.5 Å². The third kappa shape index (κ3) is 4.32. The lowest BCUT2D eigenvalue weighted by Crippen LogP contribution is -2.67. The Labute approximate surface area is 242 Å². The Morgan fingerprint density at radius 2 is 1.90 bits per heavy atom. The number of aromatic nitrogens is 1. The molecule has 0 saturated carbocycles. The van der Waals surface area contributed by atoms with E-state index in [1.807, 2.05) is 49.4 Å². The number of hydrogen-bond acceptors (Lipinski definition) is 4. The molecule has 0 bridgehead atoms. The highest BCUT2D eigenvalue weighted by Gasteiger charge is 2.56. The Kier molecular flexibility index (Phi) is 6.90. The third-order valence-corrected chi connectivity index (χ3v) is 8.63. The molecule has 2 atom stereocenters. The highest BCUT2D eigenvalue weighted by molar-refractivity contribution is 6.31. The van der Waals surface area contributed by atoms with Crippen LogP contribution in [0.3, 0.4) is 0 Å². The summed E-state index contributed by atoms with van der Waals surface area (Å²) in [4.78, 5) is 34.6. The molecule has 0 radical (unpaired) electrons. The molecule has 1 fully saturated rings. The van der Waals surface area contributed by atoms with E-state index in [9.17, 15) is 14.0 Å². The molecule has 1 saturated heterocycles. The van der Waals surface area contributed by atoms with Crippen LogP contribution < -0.4 is 9.47 Å². The fraction of sp³-hybridized carbons (Fsp3) is 0.312. The van der Waals surface area contributed by atoms with Gasteiger partial charge < -0.3 is 24.3 Å². The minimum absolute atomic E-state index is 0.102. The van der Waals surface area contributed by atoms with Crippen molar-refractivity contribution < 1.29 is 23.5 Å². The average Bonchev–Trinajstić information content (AvgIpc) is 3.37. The van der Waals surface area contributed by atoms with E-state index >= 15 is 0 Å². The number of halogens is 2. The van der Waals surface area contributed by atoms with Crippen molar-refractivity contribution in [2.24, 2.45) is 0 Å². The molecule has 2 aliphatic rings. The van der Waals surface area contributed by atoms with Gasteiger partial charge in [-0.3, -0.25) is 9.59 Å². The van der Waals surface area contributed by atoms with Crippen LogP contribution in [0.4, 0.5) is 4.39 Å². The van der Waals surface area contributed by atoms with E-state index in [1.54, 1.807) is 25.0 Å². The monoisotopic (exact) mass is 575 g/mol. The van der Waals surface area contributed by atoms with Crippen LogP contribution in [0, 0.1) is 5.82 Å². The number of piperazine rings is 1. The van der Waals surface area contributed by atoms with E-state index in [0.717, 1.165) is 28.5 Å². The lowest BCUT2D eigenvalue weighted by molar-refractivity contribution is -0.167. The summed E-state index contributed by atoms with van der Waals surface area (Å²) in [5.41, 5.74) is 2.30. The van der Waals surface area contributed by atoms with Crippen molar-refractivity contribution in [2.75, 3.05) is 26.8 Å². The van der Waals surface area contributed by atoms with Crippen LogP contribution in [0.25, 0.3) is 10.9 Å². The van der Waals surface area contributed by atoms with Gasteiger partial charge in [-0.05, 0) is 54.8 Å². The standard InChI is InChI=1S/C32H31ClFN3O4/c1-4-14-41-26-13-12-19(15-27(26)40-3)21-17-37-28(38)18-36(16-22-23(33)9-7-10-24(22)34)31(39)32(37,2)30-29(21)20-8-5-6-11-25(20)35-30/h5-13,15,21,35H,4,14,16-18H2,1-3H3/t21?,32-/m0/s1. The molecule has 0 spiro atoms. The van der Waals surface area contributed by atoms with Gasteiger partial charge in [-0.15, -0.1) is 0 Å². The lowest BCUT2D eigenvalue weighted by atomic mass is 9.76. The zero-order chi connectivity index (χ0) is 28.9. The summed E-state index contributed by atoms with van der Waals surface area (Å²) in [6.45, 7) is 4.41. The van der Waals surface area contributed by atoms with Crippen molar-refractivity contribution in [1.82, 2.24) is 14.8 Å². The van der Waals surface area contributed by atoms with Crippen molar-refractivity contribution in [2.45, 2.75) is 38.3 Å². The number of rotatable bonds is 7. The summed E-state index contributed by atoms with van der Waals surface area (Å²) in [6, 6.07) is 18.1. The maximum Gasteiger partial charge on any atom is 0.255 e. The van der Waals surface area contributed by atoms with Crippen LogP contribution in [0.1, 0.15) is 48.6 Å². The van der Waals surface area contributed by atoms with Crippen molar-refractivity contribution >= 4 is 34.3 Å². The maximum absolute atomic E-state index is 14.7. The first-order valence-corrected chi connectivity index (χ1v) is 14.1. The number of carbonyl (C=O) groups excluding carboxylic acids is 2. The first kappa shape index (κ1) is 27.1. The maximum atomic E-state index is 14.7. The number of hydrogen-bond donors (Lipinski definition) is 1. The molecule has 9 heteroatoms. The third-order valence-electron chi connectivity index (χ3n) is 8.28. The molecule has 1 unspecified atom stereocenters. The van der Waals surface area contributed by atoms with Crippen molar-refractivity contribution in [3.63, 3.8) is 0 Å². The van der Waals surface area contributed by atoms with Gasteiger partial charge in [0.1, 0.15) is 12.4 Å². The lowest BCUT2D eigenvalue weighted by Gasteiger charge is -2.51. The molecule has 6 rings (SSSR count). The summed E-state index contributed by atoms with van der Waals surface area (Å²) in [7, 11) is 1.61. The molecule has 1 aromatic heterocycles. The fourth-order valence-electron chi connectivity index (χ4n) is 6.21. The Hall–Kier alpha value is -4.04. The molecule has 3 heterocycles. The highest BCUT2D eigenvalue weighted by Crippen LogP contribution is 2.49. The average molecular weight is 576 g/mol. The molecule has 3 aromatic carbocycles. The molecule has 4 aromatic rings. The number of para-hydroxylation sites is 1. The van der Waals surface area contributed by atoms with E-state index in [-0.39, 0.29) is 41.4 Å². The van der Waals surface area contributed by atoms with Gasteiger partial charge in [0.05, 0.1) is 26.0 Å². The second kappa shape index (κ2) is 10.4. The van der Waals surface area contributed by atoms with Crippen molar-refractivity contribution in [1.29, 1.82) is 0 Å². The number of nitrogens with one attached hydrogen (secondary N) is 1. The molecular formula is C32H31ClFN3O4. The largest absolute Gasteiger partial charge is 0.493 e. The van der Waals surface area contributed by atoms with Gasteiger partial charge in [0.2, 0.25) is 5.91 Å². The van der Waals surface area contributed by atoms with Gasteiger partial charge >= 0.3 is 0 Å². The second-order valence-corrected chi connectivity index (χ2v) is 11.1. The number of carbonyl (C=O) groups is 2. The predicted octanol–water partition coefficient (Wildman–Crippen LogP) is 5.99. The normalized spacial score (nSPS) is 20.3. The minimum atomic E-state index is -1.31. The van der Waals surface area contributed by atoms with E-state index in [0.29, 0.717) is 30.3 Å².